The van der Waals surface area contributed by atoms with Gasteiger partial charge in [-0.2, -0.15) is 4.68 Å². The maximum absolute atomic E-state index is 12.9. The van der Waals surface area contributed by atoms with Crippen LogP contribution < -0.4 is 26.2 Å². The molecule has 3 aromatic carbocycles. The molecule has 0 spiro atoms. The molecule has 1 atom stereocenters. The van der Waals surface area contributed by atoms with Crippen molar-refractivity contribution in [1.82, 2.24) is 14.8 Å². The first-order valence-electron chi connectivity index (χ1n) is 12.3. The second-order valence-electron chi connectivity index (χ2n) is 8.48. The number of rotatable bonds is 10. The van der Waals surface area contributed by atoms with Crippen LogP contribution in [0.2, 0.25) is 0 Å². The number of methoxy groups -OCH3 is 1. The second kappa shape index (κ2) is 13.5. The number of ether oxygens (including phenoxy) is 2. The molecule has 0 aliphatic rings. The number of hydrogen-bond acceptors (Lipinski definition) is 8. The van der Waals surface area contributed by atoms with Gasteiger partial charge in [0.1, 0.15) is 11.9 Å². The van der Waals surface area contributed by atoms with Crippen molar-refractivity contribution in [3.05, 3.63) is 99.7 Å². The van der Waals surface area contributed by atoms with E-state index >= 15 is 0 Å². The zero-order chi connectivity index (χ0) is 30.1. The maximum atomic E-state index is 12.9. The van der Waals surface area contributed by atoms with Gasteiger partial charge in [0.15, 0.2) is 17.3 Å². The van der Waals surface area contributed by atoms with Gasteiger partial charge >= 0.3 is 11.7 Å². The minimum Gasteiger partial charge on any atom is -0.493 e. The molecule has 4 aromatic rings. The summed E-state index contributed by atoms with van der Waals surface area (Å²) in [7, 11) is 1.54. The van der Waals surface area contributed by atoms with E-state index in [1.807, 2.05) is 13.0 Å². The van der Waals surface area contributed by atoms with Crippen molar-refractivity contribution in [1.29, 1.82) is 5.41 Å². The minimum absolute atomic E-state index is 0.0558. The largest absolute Gasteiger partial charge is 0.493 e. The molecule has 0 saturated carbocycles. The number of H-pyrrole nitrogens is 1. The normalized spacial score (nSPS) is 11.0. The van der Waals surface area contributed by atoms with E-state index in [0.29, 0.717) is 34.9 Å². The first-order valence-corrected chi connectivity index (χ1v) is 12.3. The Balaban J connectivity index is 0.00000108. The van der Waals surface area contributed by atoms with Gasteiger partial charge in [0.2, 0.25) is 0 Å². The van der Waals surface area contributed by atoms with E-state index in [2.05, 4.69) is 15.4 Å². The van der Waals surface area contributed by atoms with E-state index in [1.165, 1.54) is 12.1 Å². The molecule has 13 heteroatoms. The van der Waals surface area contributed by atoms with E-state index < -0.39 is 23.7 Å². The Morgan fingerprint density at radius 1 is 1.10 bits per heavy atom. The monoisotopic (exact) mass is 562 g/mol. The molecule has 7 N–H and O–H groups in total. The van der Waals surface area contributed by atoms with Crippen molar-refractivity contribution in [2.24, 2.45) is 5.73 Å². The summed E-state index contributed by atoms with van der Waals surface area (Å²) in [6.45, 7) is 3.36. The number of amidine groups is 1. The number of nitrogen functional groups attached to an aromatic ring is 1. The van der Waals surface area contributed by atoms with Gasteiger partial charge in [-0.05, 0) is 61.0 Å². The summed E-state index contributed by atoms with van der Waals surface area (Å²) in [5.74, 6) is -0.763. The molecule has 0 saturated heterocycles. The number of carboxylic acids is 2. The molecule has 0 bridgehead atoms. The van der Waals surface area contributed by atoms with Gasteiger partial charge in [-0.25, -0.2) is 9.59 Å². The molecule has 214 valence electrons. The minimum atomic E-state index is -1.18. The fourth-order valence-electron chi connectivity index (χ4n) is 3.84. The highest BCUT2D eigenvalue weighted by atomic mass is 16.5. The maximum Gasteiger partial charge on any atom is 0.348 e. The number of aromatic carboxylic acids is 1. The summed E-state index contributed by atoms with van der Waals surface area (Å²) in [5.41, 5.74) is 6.99. The molecule has 4 rings (SSSR count). The Labute approximate surface area is 234 Å². The number of nitrogens with zero attached hydrogens (tertiary/aromatic N) is 2. The number of benzene rings is 3. The van der Waals surface area contributed by atoms with Gasteiger partial charge in [-0.3, -0.25) is 15.2 Å². The standard InChI is InChI=1S/C26H26N6O5.C2H4O2/c1-3-37-21-14-16(10-13-20(21)36-2)22(29-17-11-8-15(9-12-17)23(27)28)24-30-26(35)32(31-24)19-7-5-4-6-18(19)25(33)34;1-2(3)4/h4-14,22,29H,3H2,1-2H3,(H3,27,28)(H,33,34)(H,30,31,35);1H3,(H,3,4). The van der Waals surface area contributed by atoms with Gasteiger partial charge in [-0.15, -0.1) is 5.10 Å². The number of carbonyl (C=O) groups is 2. The lowest BCUT2D eigenvalue weighted by atomic mass is 10.0. The van der Waals surface area contributed by atoms with Crippen LogP contribution in [0.4, 0.5) is 5.69 Å². The lowest BCUT2D eigenvalue weighted by Gasteiger charge is -2.20. The van der Waals surface area contributed by atoms with Crippen LogP contribution in [-0.4, -0.2) is 56.5 Å². The molecule has 0 radical (unpaired) electrons. The molecule has 41 heavy (non-hydrogen) atoms. The summed E-state index contributed by atoms with van der Waals surface area (Å²) in [6, 6.07) is 17.7. The number of para-hydroxylation sites is 1. The number of anilines is 1. The third-order valence-electron chi connectivity index (χ3n) is 5.60. The molecule has 1 unspecified atom stereocenters. The first kappa shape index (κ1) is 30.0. The van der Waals surface area contributed by atoms with Crippen LogP contribution in [0.15, 0.2) is 71.5 Å². The SMILES string of the molecule is CC(=O)O.CCOc1cc(C(Nc2ccc(C(=N)N)cc2)c2nn(-c3ccccc3C(=O)O)c(=O)[nH]2)ccc1OC. The number of aromatic amines is 1. The quantitative estimate of drug-likeness (QED) is 0.123. The number of hydrogen-bond donors (Lipinski definition) is 6. The molecule has 1 heterocycles. The van der Waals surface area contributed by atoms with Gasteiger partial charge in [-0.1, -0.05) is 18.2 Å². The molecule has 1 aromatic heterocycles. The Hall–Kier alpha value is -5.59. The van der Waals surface area contributed by atoms with Crippen molar-refractivity contribution in [3.8, 4) is 17.2 Å². The topological polar surface area (TPSA) is 206 Å². The molecule has 0 amide bonds. The molecule has 0 aliphatic heterocycles. The fourth-order valence-corrected chi connectivity index (χ4v) is 3.84. The number of nitrogens with one attached hydrogen (secondary N) is 3. The highest BCUT2D eigenvalue weighted by Gasteiger charge is 2.23. The number of aliphatic carboxylic acids is 1. The lowest BCUT2D eigenvalue weighted by molar-refractivity contribution is -0.134. The molecular weight excluding hydrogens is 532 g/mol. The molecule has 0 aliphatic carbocycles. The molecular formula is C28H30N6O7. The van der Waals surface area contributed by atoms with E-state index in [0.717, 1.165) is 11.6 Å². The number of carboxylic acid groups (broad SMARTS) is 2. The van der Waals surface area contributed by atoms with Crippen LogP contribution in [0.3, 0.4) is 0 Å². The third kappa shape index (κ3) is 7.50. The Bertz CT molecular complexity index is 1590. The predicted octanol–water partition coefficient (Wildman–Crippen LogP) is 3.24. The lowest BCUT2D eigenvalue weighted by Crippen LogP contribution is -2.18. The highest BCUT2D eigenvalue weighted by Crippen LogP contribution is 2.33. The summed E-state index contributed by atoms with van der Waals surface area (Å²) in [6.07, 6.45) is 0. The van der Waals surface area contributed by atoms with Gasteiger partial charge in [0, 0.05) is 18.2 Å². The Morgan fingerprint density at radius 2 is 1.76 bits per heavy atom. The molecule has 13 nitrogen and oxygen atoms in total. The zero-order valence-corrected chi connectivity index (χ0v) is 22.5. The first-order chi connectivity index (χ1) is 19.5. The fraction of sp³-hybridized carbons (Fsp3) is 0.179. The number of aromatic nitrogens is 3. The van der Waals surface area contributed by atoms with E-state index in [-0.39, 0.29) is 22.9 Å². The average molecular weight is 563 g/mol. The van der Waals surface area contributed by atoms with Crippen molar-refractivity contribution >= 4 is 23.5 Å². The summed E-state index contributed by atoms with van der Waals surface area (Å²) in [5, 5.41) is 32.4. The van der Waals surface area contributed by atoms with Crippen molar-refractivity contribution in [2.75, 3.05) is 19.0 Å². The second-order valence-corrected chi connectivity index (χ2v) is 8.48. The average Bonchev–Trinajstić information content (AvgIpc) is 3.32. The smallest absolute Gasteiger partial charge is 0.348 e. The highest BCUT2D eigenvalue weighted by molar-refractivity contribution is 5.95. The van der Waals surface area contributed by atoms with Crippen LogP contribution in [0.5, 0.6) is 11.5 Å². The summed E-state index contributed by atoms with van der Waals surface area (Å²) < 4.78 is 12.2. The van der Waals surface area contributed by atoms with E-state index in [1.54, 1.807) is 55.6 Å². The van der Waals surface area contributed by atoms with Crippen molar-refractivity contribution < 1.29 is 29.3 Å². The Kier molecular flexibility index (Phi) is 9.84. The van der Waals surface area contributed by atoms with E-state index in [9.17, 15) is 14.7 Å². The van der Waals surface area contributed by atoms with Gasteiger partial charge in [0.05, 0.1) is 25.0 Å². The van der Waals surface area contributed by atoms with Crippen LogP contribution in [0, 0.1) is 5.41 Å². The van der Waals surface area contributed by atoms with Gasteiger partial charge < -0.3 is 30.7 Å². The van der Waals surface area contributed by atoms with Gasteiger partial charge in [0.25, 0.3) is 5.97 Å². The van der Waals surface area contributed by atoms with Crippen LogP contribution in [0.1, 0.15) is 47.2 Å². The van der Waals surface area contributed by atoms with E-state index in [4.69, 9.17) is 30.5 Å². The zero-order valence-electron chi connectivity index (χ0n) is 22.5. The van der Waals surface area contributed by atoms with Crippen molar-refractivity contribution in [3.63, 3.8) is 0 Å². The third-order valence-corrected chi connectivity index (χ3v) is 5.60. The Morgan fingerprint density at radius 3 is 2.34 bits per heavy atom. The predicted molar refractivity (Wildman–Crippen MR) is 152 cm³/mol. The van der Waals surface area contributed by atoms with Crippen molar-refractivity contribution in [2.45, 2.75) is 19.9 Å². The van der Waals surface area contributed by atoms with Crippen LogP contribution >= 0.6 is 0 Å². The summed E-state index contributed by atoms with van der Waals surface area (Å²) >= 11 is 0. The van der Waals surface area contributed by atoms with Crippen LogP contribution in [0.25, 0.3) is 5.69 Å². The summed E-state index contributed by atoms with van der Waals surface area (Å²) in [4.78, 5) is 36.4. The molecule has 0 fully saturated rings. The van der Waals surface area contributed by atoms with Crippen LogP contribution in [-0.2, 0) is 4.79 Å². The number of nitrogens with two attached hydrogens (primary N) is 1.